The number of carbonyl (C=O) groups excluding carboxylic acids is 1. The van der Waals surface area contributed by atoms with Crippen LogP contribution < -0.4 is 4.74 Å². The minimum atomic E-state index is 0.258. The lowest BCUT2D eigenvalue weighted by Gasteiger charge is -2.13. The average Bonchev–Trinajstić information content (AvgIpc) is 2.87. The first-order valence-electron chi connectivity index (χ1n) is 7.18. The zero-order chi connectivity index (χ0) is 13.9. The van der Waals surface area contributed by atoms with Gasteiger partial charge >= 0.3 is 0 Å². The molecule has 2 aromatic rings. The van der Waals surface area contributed by atoms with Gasteiger partial charge in [0.2, 0.25) is 0 Å². The number of fused-ring (bicyclic) bond motifs is 1. The molecule has 1 aliphatic carbocycles. The van der Waals surface area contributed by atoms with Crippen LogP contribution in [0, 0.1) is 0 Å². The average molecular weight is 266 g/mol. The van der Waals surface area contributed by atoms with Crippen LogP contribution in [0.15, 0.2) is 42.5 Å². The summed E-state index contributed by atoms with van der Waals surface area (Å²) in [6.07, 6.45) is 2.45. The van der Waals surface area contributed by atoms with Crippen LogP contribution in [0.2, 0.25) is 0 Å². The van der Waals surface area contributed by atoms with Gasteiger partial charge < -0.3 is 4.74 Å². The fraction of sp³-hybridized carbons (Fsp3) is 0.278. The second-order valence-corrected chi connectivity index (χ2v) is 5.10. The molecule has 0 unspecified atom stereocenters. The van der Waals surface area contributed by atoms with Crippen LogP contribution in [-0.4, -0.2) is 12.4 Å². The largest absolute Gasteiger partial charge is 0.493 e. The van der Waals surface area contributed by atoms with E-state index in [4.69, 9.17) is 4.74 Å². The number of ketones is 1. The molecule has 2 aromatic carbocycles. The molecule has 1 aliphatic rings. The van der Waals surface area contributed by atoms with E-state index in [0.717, 1.165) is 35.3 Å². The summed E-state index contributed by atoms with van der Waals surface area (Å²) in [7, 11) is 0. The number of rotatable bonds is 4. The third-order valence-corrected chi connectivity index (χ3v) is 3.72. The normalized spacial score (nSPS) is 13.3. The molecular weight excluding hydrogens is 248 g/mol. The predicted molar refractivity (Wildman–Crippen MR) is 80.3 cm³/mol. The monoisotopic (exact) mass is 266 g/mol. The molecule has 0 heterocycles. The van der Waals surface area contributed by atoms with Gasteiger partial charge in [-0.05, 0) is 30.0 Å². The number of hydrogen-bond donors (Lipinski definition) is 0. The van der Waals surface area contributed by atoms with E-state index in [-0.39, 0.29) is 5.78 Å². The molecule has 20 heavy (non-hydrogen) atoms. The van der Waals surface area contributed by atoms with Crippen LogP contribution in [0.4, 0.5) is 0 Å². The molecule has 2 heteroatoms. The fourth-order valence-corrected chi connectivity index (χ4v) is 2.77. The van der Waals surface area contributed by atoms with E-state index in [9.17, 15) is 4.79 Å². The summed E-state index contributed by atoms with van der Waals surface area (Å²) in [6.45, 7) is 2.81. The second-order valence-electron chi connectivity index (χ2n) is 5.10. The molecule has 0 saturated carbocycles. The van der Waals surface area contributed by atoms with E-state index < -0.39 is 0 Å². The lowest BCUT2D eigenvalue weighted by molar-refractivity contribution is 0.0994. The first-order chi connectivity index (χ1) is 9.81. The first kappa shape index (κ1) is 12.9. The van der Waals surface area contributed by atoms with E-state index in [1.807, 2.05) is 30.3 Å². The second kappa shape index (κ2) is 5.49. The predicted octanol–water partition coefficient (Wildman–Crippen LogP) is 4.27. The first-order valence-corrected chi connectivity index (χ1v) is 7.18. The number of para-hydroxylation sites is 1. The van der Waals surface area contributed by atoms with Crippen LogP contribution >= 0.6 is 0 Å². The lowest BCUT2D eigenvalue weighted by atomic mass is 9.96. The van der Waals surface area contributed by atoms with Gasteiger partial charge in [-0.3, -0.25) is 4.79 Å². The van der Waals surface area contributed by atoms with E-state index in [1.54, 1.807) is 0 Å². The number of ether oxygens (including phenoxy) is 1. The molecule has 102 valence electrons. The molecular formula is C18H18O2. The summed E-state index contributed by atoms with van der Waals surface area (Å²) >= 11 is 0. The van der Waals surface area contributed by atoms with Crippen LogP contribution in [0.5, 0.6) is 5.75 Å². The molecule has 0 saturated heterocycles. The third-order valence-electron chi connectivity index (χ3n) is 3.72. The number of Topliss-reactive ketones (excluding diaryl/α,β-unsaturated/α-hetero) is 1. The summed E-state index contributed by atoms with van der Waals surface area (Å²) in [6, 6.07) is 14.1. The topological polar surface area (TPSA) is 26.3 Å². The summed E-state index contributed by atoms with van der Waals surface area (Å²) in [5.74, 6) is 1.16. The minimum absolute atomic E-state index is 0.258. The van der Waals surface area contributed by atoms with Crippen molar-refractivity contribution >= 4 is 5.78 Å². The summed E-state index contributed by atoms with van der Waals surface area (Å²) in [5.41, 5.74) is 4.28. The van der Waals surface area contributed by atoms with Crippen molar-refractivity contribution in [3.05, 3.63) is 53.6 Å². The quantitative estimate of drug-likeness (QED) is 0.826. The highest BCUT2D eigenvalue weighted by atomic mass is 16.5. The Hall–Kier alpha value is -2.09. The van der Waals surface area contributed by atoms with Gasteiger partial charge in [0, 0.05) is 17.5 Å². The molecule has 0 aromatic heterocycles. The van der Waals surface area contributed by atoms with Crippen molar-refractivity contribution in [2.75, 3.05) is 6.61 Å². The van der Waals surface area contributed by atoms with Gasteiger partial charge in [0.05, 0.1) is 6.61 Å². The fourth-order valence-electron chi connectivity index (χ4n) is 2.77. The molecule has 0 radical (unpaired) electrons. The van der Waals surface area contributed by atoms with Gasteiger partial charge in [-0.1, -0.05) is 43.3 Å². The van der Waals surface area contributed by atoms with Crippen molar-refractivity contribution < 1.29 is 9.53 Å². The zero-order valence-corrected chi connectivity index (χ0v) is 11.7. The number of hydrogen-bond acceptors (Lipinski definition) is 2. The molecule has 0 bridgehead atoms. The van der Waals surface area contributed by atoms with E-state index >= 15 is 0 Å². The summed E-state index contributed by atoms with van der Waals surface area (Å²) < 4.78 is 5.84. The highest BCUT2D eigenvalue weighted by Gasteiger charge is 2.23. The molecule has 0 amide bonds. The highest BCUT2D eigenvalue weighted by molar-refractivity contribution is 6.02. The summed E-state index contributed by atoms with van der Waals surface area (Å²) in [4.78, 5) is 11.9. The number of benzene rings is 2. The van der Waals surface area contributed by atoms with Crippen LogP contribution in [-0.2, 0) is 6.42 Å². The van der Waals surface area contributed by atoms with Crippen LogP contribution in [0.25, 0.3) is 11.1 Å². The van der Waals surface area contributed by atoms with Gasteiger partial charge in [0.1, 0.15) is 5.75 Å². The van der Waals surface area contributed by atoms with Crippen molar-refractivity contribution in [1.29, 1.82) is 0 Å². The van der Waals surface area contributed by atoms with E-state index in [2.05, 4.69) is 19.1 Å². The molecule has 0 spiro atoms. The Kier molecular flexibility index (Phi) is 3.55. The smallest absolute Gasteiger partial charge is 0.163 e. The van der Waals surface area contributed by atoms with E-state index in [1.165, 1.54) is 5.56 Å². The van der Waals surface area contributed by atoms with Gasteiger partial charge in [-0.15, -0.1) is 0 Å². The highest BCUT2D eigenvalue weighted by Crippen LogP contribution is 2.37. The molecule has 3 rings (SSSR count). The molecule has 0 atom stereocenters. The maximum Gasteiger partial charge on any atom is 0.163 e. The maximum absolute atomic E-state index is 11.9. The van der Waals surface area contributed by atoms with Crippen molar-refractivity contribution in [2.45, 2.75) is 26.2 Å². The van der Waals surface area contributed by atoms with Gasteiger partial charge in [-0.2, -0.15) is 0 Å². The molecule has 0 fully saturated rings. The van der Waals surface area contributed by atoms with Gasteiger partial charge in [0.15, 0.2) is 5.78 Å². The van der Waals surface area contributed by atoms with Crippen molar-refractivity contribution in [3.63, 3.8) is 0 Å². The minimum Gasteiger partial charge on any atom is -0.493 e. The van der Waals surface area contributed by atoms with Crippen molar-refractivity contribution in [1.82, 2.24) is 0 Å². The Morgan fingerprint density at radius 2 is 1.70 bits per heavy atom. The molecule has 0 N–H and O–H groups in total. The molecule has 2 nitrogen and oxygen atoms in total. The van der Waals surface area contributed by atoms with Crippen LogP contribution in [0.3, 0.4) is 0 Å². The Balaban J connectivity index is 2.08. The van der Waals surface area contributed by atoms with Crippen molar-refractivity contribution in [3.8, 4) is 16.9 Å². The third kappa shape index (κ3) is 2.22. The standard InChI is InChI=1S/C18H18O2/c1-2-12-20-18-9-4-3-6-16(18)13-7-5-8-15-14(13)10-11-17(15)19/h3-9H,2,10-12H2,1H3. The Morgan fingerprint density at radius 3 is 2.55 bits per heavy atom. The Morgan fingerprint density at radius 1 is 0.950 bits per heavy atom. The summed E-state index contributed by atoms with van der Waals surface area (Å²) in [5, 5.41) is 0. The van der Waals surface area contributed by atoms with Gasteiger partial charge in [0.25, 0.3) is 0 Å². The maximum atomic E-state index is 11.9. The Labute approximate surface area is 119 Å². The zero-order valence-electron chi connectivity index (χ0n) is 11.7. The van der Waals surface area contributed by atoms with Crippen LogP contribution in [0.1, 0.15) is 35.7 Å². The lowest BCUT2D eigenvalue weighted by Crippen LogP contribution is -1.98. The van der Waals surface area contributed by atoms with E-state index in [0.29, 0.717) is 13.0 Å². The SMILES string of the molecule is CCCOc1ccccc1-c1cccc2c1CCC2=O. The number of carbonyl (C=O) groups is 1. The van der Waals surface area contributed by atoms with Gasteiger partial charge in [-0.25, -0.2) is 0 Å². The Bertz CT molecular complexity index is 644. The van der Waals surface area contributed by atoms with Crippen molar-refractivity contribution in [2.24, 2.45) is 0 Å². The molecule has 0 aliphatic heterocycles.